The van der Waals surface area contributed by atoms with Crippen LogP contribution in [0, 0.1) is 0 Å². The van der Waals surface area contributed by atoms with E-state index >= 15 is 0 Å². The number of fused-ring (bicyclic) bond motifs is 1. The molecule has 4 heteroatoms. The normalized spacial score (nSPS) is 10.9. The summed E-state index contributed by atoms with van der Waals surface area (Å²) in [6.07, 6.45) is 3.24. The van der Waals surface area contributed by atoms with Crippen LogP contribution in [0.2, 0.25) is 0 Å². The first-order chi connectivity index (χ1) is 8.38. The molecule has 0 saturated heterocycles. The summed E-state index contributed by atoms with van der Waals surface area (Å²) in [6.45, 7) is 0.408. The summed E-state index contributed by atoms with van der Waals surface area (Å²) in [4.78, 5) is 8.33. The Balaban J connectivity index is 2.20. The SMILES string of the molecule is NCc1cc(-c2coc3ccccc23)ncn1. The van der Waals surface area contributed by atoms with E-state index in [9.17, 15) is 0 Å². The molecule has 3 aromatic rings. The van der Waals surface area contributed by atoms with E-state index in [1.165, 1.54) is 6.33 Å². The molecule has 1 aromatic carbocycles. The number of para-hydroxylation sites is 1. The minimum absolute atomic E-state index is 0.408. The largest absolute Gasteiger partial charge is 0.464 e. The average Bonchev–Trinajstić information content (AvgIpc) is 2.82. The van der Waals surface area contributed by atoms with Crippen LogP contribution in [0.25, 0.3) is 22.2 Å². The number of hydrogen-bond donors (Lipinski definition) is 1. The lowest BCUT2D eigenvalue weighted by molar-refractivity contribution is 0.616. The van der Waals surface area contributed by atoms with E-state index in [0.717, 1.165) is 27.9 Å². The third-order valence-corrected chi connectivity index (χ3v) is 2.69. The molecule has 0 fully saturated rings. The second kappa shape index (κ2) is 3.99. The topological polar surface area (TPSA) is 64.9 Å². The fraction of sp³-hybridized carbons (Fsp3) is 0.0769. The van der Waals surface area contributed by atoms with Crippen molar-refractivity contribution in [3.63, 3.8) is 0 Å². The molecule has 0 radical (unpaired) electrons. The highest BCUT2D eigenvalue weighted by atomic mass is 16.3. The molecule has 2 N–H and O–H groups in total. The van der Waals surface area contributed by atoms with Gasteiger partial charge in [-0.25, -0.2) is 9.97 Å². The Morgan fingerprint density at radius 3 is 2.94 bits per heavy atom. The van der Waals surface area contributed by atoms with Gasteiger partial charge in [-0.05, 0) is 12.1 Å². The van der Waals surface area contributed by atoms with E-state index in [1.807, 2.05) is 30.3 Å². The van der Waals surface area contributed by atoms with E-state index in [0.29, 0.717) is 6.54 Å². The molecule has 0 aliphatic rings. The van der Waals surface area contributed by atoms with Crippen molar-refractivity contribution >= 4 is 11.0 Å². The zero-order valence-electron chi connectivity index (χ0n) is 9.13. The fourth-order valence-corrected chi connectivity index (χ4v) is 1.83. The van der Waals surface area contributed by atoms with Crippen LogP contribution in [0.1, 0.15) is 5.69 Å². The second-order valence-corrected chi connectivity index (χ2v) is 3.74. The molecule has 0 aliphatic carbocycles. The lowest BCUT2D eigenvalue weighted by atomic mass is 10.1. The monoisotopic (exact) mass is 225 g/mol. The lowest BCUT2D eigenvalue weighted by Gasteiger charge is -1.99. The molecule has 2 heterocycles. The molecule has 0 bridgehead atoms. The fourth-order valence-electron chi connectivity index (χ4n) is 1.83. The summed E-state index contributed by atoms with van der Waals surface area (Å²) in [5, 5.41) is 1.05. The first-order valence-corrected chi connectivity index (χ1v) is 5.36. The minimum Gasteiger partial charge on any atom is -0.464 e. The van der Waals surface area contributed by atoms with Crippen LogP contribution in [-0.2, 0) is 6.54 Å². The van der Waals surface area contributed by atoms with E-state index in [1.54, 1.807) is 6.26 Å². The van der Waals surface area contributed by atoms with Crippen LogP contribution in [0.15, 0.2) is 47.3 Å². The van der Waals surface area contributed by atoms with Crippen molar-refractivity contribution in [2.45, 2.75) is 6.54 Å². The van der Waals surface area contributed by atoms with Gasteiger partial charge in [-0.3, -0.25) is 0 Å². The van der Waals surface area contributed by atoms with Crippen LogP contribution < -0.4 is 5.73 Å². The number of hydrogen-bond acceptors (Lipinski definition) is 4. The number of nitrogens with two attached hydrogens (primary N) is 1. The number of rotatable bonds is 2. The number of nitrogens with zero attached hydrogens (tertiary/aromatic N) is 2. The Bertz CT molecular complexity index is 660. The highest BCUT2D eigenvalue weighted by Crippen LogP contribution is 2.28. The maximum Gasteiger partial charge on any atom is 0.134 e. The van der Waals surface area contributed by atoms with E-state index in [2.05, 4.69) is 9.97 Å². The Kier molecular flexibility index (Phi) is 2.34. The van der Waals surface area contributed by atoms with Crippen LogP contribution in [-0.4, -0.2) is 9.97 Å². The van der Waals surface area contributed by atoms with Gasteiger partial charge in [0.2, 0.25) is 0 Å². The molecule has 0 saturated carbocycles. The molecule has 0 aliphatic heterocycles. The van der Waals surface area contributed by atoms with Crippen LogP contribution in [0.3, 0.4) is 0 Å². The molecular formula is C13H11N3O. The van der Waals surface area contributed by atoms with Crippen molar-refractivity contribution in [2.75, 3.05) is 0 Å². The van der Waals surface area contributed by atoms with Gasteiger partial charge in [0, 0.05) is 17.5 Å². The molecule has 84 valence electrons. The Labute approximate surface area is 98.1 Å². The summed E-state index contributed by atoms with van der Waals surface area (Å²) in [5.74, 6) is 0. The van der Waals surface area contributed by atoms with Crippen molar-refractivity contribution in [1.29, 1.82) is 0 Å². The molecule has 0 spiro atoms. The van der Waals surface area contributed by atoms with Crippen molar-refractivity contribution < 1.29 is 4.42 Å². The average molecular weight is 225 g/mol. The zero-order chi connectivity index (χ0) is 11.7. The smallest absolute Gasteiger partial charge is 0.134 e. The van der Waals surface area contributed by atoms with Gasteiger partial charge >= 0.3 is 0 Å². The minimum atomic E-state index is 0.408. The third kappa shape index (κ3) is 1.68. The van der Waals surface area contributed by atoms with Gasteiger partial charge in [-0.15, -0.1) is 0 Å². The molecular weight excluding hydrogens is 214 g/mol. The quantitative estimate of drug-likeness (QED) is 0.727. The Morgan fingerprint density at radius 2 is 2.06 bits per heavy atom. The van der Waals surface area contributed by atoms with Gasteiger partial charge in [0.05, 0.1) is 11.4 Å². The maximum absolute atomic E-state index is 5.57. The van der Waals surface area contributed by atoms with Gasteiger partial charge in [0.1, 0.15) is 18.2 Å². The third-order valence-electron chi connectivity index (χ3n) is 2.69. The number of benzene rings is 1. The van der Waals surface area contributed by atoms with Crippen molar-refractivity contribution in [3.05, 3.63) is 48.6 Å². The van der Waals surface area contributed by atoms with Gasteiger partial charge in [0.15, 0.2) is 0 Å². The Morgan fingerprint density at radius 1 is 1.18 bits per heavy atom. The highest BCUT2D eigenvalue weighted by Gasteiger charge is 2.09. The highest BCUT2D eigenvalue weighted by molar-refractivity contribution is 5.92. The summed E-state index contributed by atoms with van der Waals surface area (Å²) < 4.78 is 5.49. The number of aromatic nitrogens is 2. The lowest BCUT2D eigenvalue weighted by Crippen LogP contribution is -2.00. The van der Waals surface area contributed by atoms with Gasteiger partial charge < -0.3 is 10.2 Å². The first kappa shape index (κ1) is 9.99. The van der Waals surface area contributed by atoms with E-state index in [-0.39, 0.29) is 0 Å². The first-order valence-electron chi connectivity index (χ1n) is 5.36. The summed E-state index contributed by atoms with van der Waals surface area (Å²) in [5.41, 5.74) is 9.06. The van der Waals surface area contributed by atoms with Gasteiger partial charge in [0.25, 0.3) is 0 Å². The Hall–Kier alpha value is -2.20. The van der Waals surface area contributed by atoms with Crippen LogP contribution in [0.5, 0.6) is 0 Å². The standard InChI is InChI=1S/C13H11N3O/c14-6-9-5-12(16-8-15-9)11-7-17-13-4-2-1-3-10(11)13/h1-5,7-8H,6,14H2. The van der Waals surface area contributed by atoms with Crippen molar-refractivity contribution in [1.82, 2.24) is 9.97 Å². The molecule has 0 unspecified atom stereocenters. The molecule has 17 heavy (non-hydrogen) atoms. The molecule has 0 amide bonds. The summed E-state index contributed by atoms with van der Waals surface area (Å²) >= 11 is 0. The zero-order valence-corrected chi connectivity index (χ0v) is 9.13. The summed E-state index contributed by atoms with van der Waals surface area (Å²) in [6, 6.07) is 9.76. The van der Waals surface area contributed by atoms with Gasteiger partial charge in [-0.2, -0.15) is 0 Å². The second-order valence-electron chi connectivity index (χ2n) is 3.74. The van der Waals surface area contributed by atoms with E-state index < -0.39 is 0 Å². The summed E-state index contributed by atoms with van der Waals surface area (Å²) in [7, 11) is 0. The molecule has 4 nitrogen and oxygen atoms in total. The predicted molar refractivity (Wildman–Crippen MR) is 65.1 cm³/mol. The molecule has 2 aromatic heterocycles. The van der Waals surface area contributed by atoms with Crippen molar-refractivity contribution in [3.8, 4) is 11.3 Å². The van der Waals surface area contributed by atoms with Crippen molar-refractivity contribution in [2.24, 2.45) is 5.73 Å². The van der Waals surface area contributed by atoms with Crippen LogP contribution >= 0.6 is 0 Å². The molecule has 3 rings (SSSR count). The van der Waals surface area contributed by atoms with Gasteiger partial charge in [-0.1, -0.05) is 18.2 Å². The maximum atomic E-state index is 5.57. The number of furan rings is 1. The van der Waals surface area contributed by atoms with E-state index in [4.69, 9.17) is 10.2 Å². The van der Waals surface area contributed by atoms with Crippen LogP contribution in [0.4, 0.5) is 0 Å². The predicted octanol–water partition coefficient (Wildman–Crippen LogP) is 2.35. The molecule has 0 atom stereocenters.